The lowest BCUT2D eigenvalue weighted by atomic mass is 9.97. The Bertz CT molecular complexity index is 5070. The van der Waals surface area contributed by atoms with E-state index < -0.39 is 73.0 Å². The van der Waals surface area contributed by atoms with Crippen LogP contribution in [0.1, 0.15) is 138 Å². The highest BCUT2D eigenvalue weighted by atomic mass is 35.5. The second-order valence-corrected chi connectivity index (χ2v) is 28.3. The molecule has 4 fully saturated rings. The number of ether oxygens (including phenoxy) is 4. The van der Waals surface area contributed by atoms with Crippen LogP contribution in [0.3, 0.4) is 0 Å². The molecule has 4 aliphatic rings. The van der Waals surface area contributed by atoms with Gasteiger partial charge in [-0.3, -0.25) is 19.9 Å². The van der Waals surface area contributed by atoms with Gasteiger partial charge in [-0.15, -0.1) is 0 Å². The van der Waals surface area contributed by atoms with Crippen LogP contribution in [-0.2, 0) is 18.9 Å². The van der Waals surface area contributed by atoms with Crippen LogP contribution in [-0.4, -0.2) is 44.3 Å². The number of nitrogens with zero attached hydrogens (tertiary/aromatic N) is 4. The van der Waals surface area contributed by atoms with Crippen LogP contribution in [0.25, 0.3) is 0 Å². The molecule has 16 rings (SSSR count). The van der Waals surface area contributed by atoms with Crippen molar-refractivity contribution in [2.75, 3.05) is 0 Å². The molecule has 0 aliphatic carbocycles. The number of hydrogen-bond acceptors (Lipinski definition) is 12. The smallest absolute Gasteiger partial charge is 0.408 e. The van der Waals surface area contributed by atoms with E-state index in [1.165, 1.54) is 0 Å². The van der Waals surface area contributed by atoms with E-state index in [9.17, 15) is 19.2 Å². The number of nitrogens with one attached hydrogen (secondary N) is 4. The van der Waals surface area contributed by atoms with Gasteiger partial charge in [0.1, 0.15) is 24.2 Å². The highest BCUT2D eigenvalue weighted by Crippen LogP contribution is 2.45. The maximum atomic E-state index is 11.9. The third-order valence-corrected chi connectivity index (χ3v) is 19.6. The Balaban J connectivity index is 0.000000131. The number of carbonyl (C=O) groups excluding carboxylic acids is 4. The predicted octanol–water partition coefficient (Wildman–Crippen LogP) is 21.2. The molecule has 0 saturated carbocycles. The Labute approximate surface area is 684 Å². The van der Waals surface area contributed by atoms with Crippen molar-refractivity contribution in [3.8, 4) is 47.4 Å². The van der Waals surface area contributed by atoms with Crippen molar-refractivity contribution in [3.05, 3.63) is 397 Å². The van der Waals surface area contributed by atoms with Crippen LogP contribution < -0.4 is 21.3 Å². The molecule has 4 aliphatic heterocycles. The number of benzene rings is 8. The molecule has 0 bridgehead atoms. The molecule has 4 amide bonds. The zero-order valence-corrected chi connectivity index (χ0v) is 64.1. The van der Waals surface area contributed by atoms with Crippen LogP contribution >= 0.6 is 92.8 Å². The monoisotopic (exact) mass is 1630 g/mol. The van der Waals surface area contributed by atoms with E-state index in [4.69, 9.17) is 112 Å². The number of hydrogen-bond donors (Lipinski definition) is 4. The maximum Gasteiger partial charge on any atom is 0.408 e. The molecule has 24 heteroatoms. The Hall–Kier alpha value is -12.0. The fourth-order valence-electron chi connectivity index (χ4n) is 12.1. The normalized spacial score (nSPS) is 18.0. The van der Waals surface area contributed by atoms with Crippen LogP contribution in [0.5, 0.6) is 0 Å². The fourth-order valence-corrected chi connectivity index (χ4v) is 13.7. The van der Waals surface area contributed by atoms with Gasteiger partial charge in [-0.2, -0.15) is 0 Å². The molecule has 4 aromatic heterocycles. The van der Waals surface area contributed by atoms with E-state index in [0.717, 1.165) is 66.8 Å². The molecule has 4 N–H and O–H groups in total. The lowest BCUT2D eigenvalue weighted by Crippen LogP contribution is -2.20. The molecule has 8 atom stereocenters. The number of halogens is 8. The summed E-state index contributed by atoms with van der Waals surface area (Å²) in [6.07, 6.45) is 8.90. The standard InChI is InChI=1S/4C22H14Cl2N2O2/c4*23-17-8-9-19(24)18(11-17)21-20(26-22(27)28-21)16-10-15(12-25-13-16)7-6-14-4-2-1-3-5-14/h4*1-5,8-13,20-21H,(H,26,27)/t2*20-,21+;2*20-,21-/m1010/s1. The van der Waals surface area contributed by atoms with Gasteiger partial charge in [0.25, 0.3) is 0 Å². The molecular formula is C88H56Cl8N8O8. The largest absolute Gasteiger partial charge is 0.439 e. The Morgan fingerprint density at radius 3 is 0.643 bits per heavy atom. The van der Waals surface area contributed by atoms with Crippen LogP contribution in [0, 0.1) is 47.4 Å². The summed E-state index contributed by atoms with van der Waals surface area (Å²) in [6.45, 7) is 0. The summed E-state index contributed by atoms with van der Waals surface area (Å²) in [4.78, 5) is 64.8. The maximum absolute atomic E-state index is 11.9. The van der Waals surface area contributed by atoms with Gasteiger partial charge in [-0.25, -0.2) is 19.2 Å². The molecule has 16 nitrogen and oxygen atoms in total. The quantitative estimate of drug-likeness (QED) is 0.0829. The molecule has 552 valence electrons. The predicted molar refractivity (Wildman–Crippen MR) is 433 cm³/mol. The van der Waals surface area contributed by atoms with Crippen LogP contribution in [0.15, 0.2) is 268 Å². The second kappa shape index (κ2) is 37.1. The molecule has 0 radical (unpaired) electrons. The van der Waals surface area contributed by atoms with E-state index in [0.29, 0.717) is 62.4 Å². The van der Waals surface area contributed by atoms with Gasteiger partial charge in [0.05, 0.1) is 0 Å². The summed E-state index contributed by atoms with van der Waals surface area (Å²) < 4.78 is 21.8. The number of pyridine rings is 4. The second-order valence-electron chi connectivity index (χ2n) is 24.9. The summed E-state index contributed by atoms with van der Waals surface area (Å²) in [5, 5.41) is 15.2. The minimum Gasteiger partial charge on any atom is -0.439 e. The zero-order chi connectivity index (χ0) is 78.0. The van der Waals surface area contributed by atoms with E-state index in [2.05, 4.69) is 88.6 Å². The summed E-state index contributed by atoms with van der Waals surface area (Å²) in [5.74, 6) is 24.8. The average Bonchev–Trinajstić information content (AvgIpc) is 1.64. The molecule has 112 heavy (non-hydrogen) atoms. The highest BCUT2D eigenvalue weighted by molar-refractivity contribution is 6.35. The van der Waals surface area contributed by atoms with E-state index >= 15 is 0 Å². The Morgan fingerprint density at radius 2 is 0.438 bits per heavy atom. The number of amides is 4. The highest BCUT2D eigenvalue weighted by Gasteiger charge is 2.42. The SMILES string of the molecule is O=C1N[C@@H](c2cncc(C#Cc3ccccc3)c2)[C@@H](c2cc(Cl)ccc2Cl)O1.O=C1N[C@@H](c2cncc(C#Cc3ccccc3)c2)[C@H](c2cc(Cl)ccc2Cl)O1.O=C1N[C@H](c2cncc(C#Cc3ccccc3)c2)[C@@H](c2cc(Cl)ccc2Cl)O1.O=C1N[C@H](c2cncc(C#Cc3ccccc3)c2)[C@H](c2cc(Cl)ccc2Cl)O1. The van der Waals surface area contributed by atoms with Crippen molar-refractivity contribution in [2.45, 2.75) is 48.6 Å². The third-order valence-electron chi connectivity index (χ3n) is 17.3. The molecule has 0 unspecified atom stereocenters. The van der Waals surface area contributed by atoms with Crippen molar-refractivity contribution in [3.63, 3.8) is 0 Å². The van der Waals surface area contributed by atoms with E-state index in [-0.39, 0.29) is 0 Å². The summed E-state index contributed by atoms with van der Waals surface area (Å²) in [7, 11) is 0. The first-order valence-corrected chi connectivity index (χ1v) is 37.2. The molecule has 8 aromatic carbocycles. The summed E-state index contributed by atoms with van der Waals surface area (Å²) >= 11 is 49.6. The van der Waals surface area contributed by atoms with Gasteiger partial charge in [0.2, 0.25) is 0 Å². The van der Waals surface area contributed by atoms with Crippen molar-refractivity contribution in [2.24, 2.45) is 0 Å². The van der Waals surface area contributed by atoms with Gasteiger partial charge >= 0.3 is 24.4 Å². The van der Waals surface area contributed by atoms with Crippen molar-refractivity contribution < 1.29 is 38.1 Å². The van der Waals surface area contributed by atoms with Gasteiger partial charge in [0, 0.05) is 157 Å². The van der Waals surface area contributed by atoms with E-state index in [1.54, 1.807) is 122 Å². The number of carbonyl (C=O) groups is 4. The zero-order valence-electron chi connectivity index (χ0n) is 58.1. The average molecular weight is 1640 g/mol. The lowest BCUT2D eigenvalue weighted by molar-refractivity contribution is 0.131. The van der Waals surface area contributed by atoms with E-state index in [1.807, 2.05) is 146 Å². The number of cyclic esters (lactones) is 4. The van der Waals surface area contributed by atoms with Crippen molar-refractivity contribution in [1.82, 2.24) is 41.2 Å². The Morgan fingerprint density at radius 1 is 0.241 bits per heavy atom. The first kappa shape index (κ1) is 78.1. The number of rotatable bonds is 8. The van der Waals surface area contributed by atoms with Crippen molar-refractivity contribution >= 4 is 117 Å². The molecule has 4 saturated heterocycles. The minimum absolute atomic E-state index is 0.450. The molecule has 0 spiro atoms. The number of aromatic nitrogens is 4. The lowest BCUT2D eigenvalue weighted by Gasteiger charge is -2.19. The fraction of sp³-hybridized carbons (Fsp3) is 0.0909. The Kier molecular flexibility index (Phi) is 25.9. The molecular weight excluding hydrogens is 1580 g/mol. The van der Waals surface area contributed by atoms with Crippen LogP contribution in [0.4, 0.5) is 19.2 Å². The van der Waals surface area contributed by atoms with Gasteiger partial charge < -0.3 is 40.2 Å². The third kappa shape index (κ3) is 20.5. The summed E-state index contributed by atoms with van der Waals surface area (Å²) in [6, 6.07) is 64.8. The van der Waals surface area contributed by atoms with Crippen LogP contribution in [0.2, 0.25) is 40.2 Å². The first-order valence-electron chi connectivity index (χ1n) is 34.2. The summed E-state index contributed by atoms with van der Waals surface area (Å²) in [5.41, 5.74) is 12.2. The minimum atomic E-state index is -0.613. The first-order chi connectivity index (χ1) is 54.4. The topological polar surface area (TPSA) is 205 Å². The van der Waals surface area contributed by atoms with Gasteiger partial charge in [0.15, 0.2) is 24.4 Å². The molecule has 8 heterocycles. The number of alkyl carbamates (subject to hydrolysis) is 4. The van der Waals surface area contributed by atoms with Crippen molar-refractivity contribution in [1.29, 1.82) is 0 Å². The van der Waals surface area contributed by atoms with Gasteiger partial charge in [-0.05, 0) is 168 Å². The van der Waals surface area contributed by atoms with Gasteiger partial charge in [-0.1, -0.05) is 213 Å². The molecule has 12 aromatic rings.